The number of hydrogen-bond acceptors (Lipinski definition) is 4. The Morgan fingerprint density at radius 3 is 2.41 bits per heavy atom. The number of benzene rings is 3. The molecule has 1 N–H and O–H groups in total. The maximum absolute atomic E-state index is 13.9. The quantitative estimate of drug-likeness (QED) is 0.576. The number of halogens is 1. The molecule has 0 radical (unpaired) electrons. The van der Waals surface area contributed by atoms with E-state index in [-0.39, 0.29) is 23.5 Å². The Morgan fingerprint density at radius 2 is 1.75 bits per heavy atom. The van der Waals surface area contributed by atoms with Crippen LogP contribution in [0.25, 0.3) is 0 Å². The zero-order chi connectivity index (χ0) is 22.7. The van der Waals surface area contributed by atoms with E-state index < -0.39 is 23.5 Å². The summed E-state index contributed by atoms with van der Waals surface area (Å²) >= 11 is 0. The van der Waals surface area contributed by atoms with Crippen molar-refractivity contribution in [1.82, 2.24) is 0 Å². The summed E-state index contributed by atoms with van der Waals surface area (Å²) in [6.45, 7) is 0. The van der Waals surface area contributed by atoms with Gasteiger partial charge >= 0.3 is 0 Å². The van der Waals surface area contributed by atoms with Crippen LogP contribution in [0.3, 0.4) is 0 Å². The van der Waals surface area contributed by atoms with Crippen molar-refractivity contribution in [1.29, 1.82) is 0 Å². The van der Waals surface area contributed by atoms with Gasteiger partial charge in [-0.3, -0.25) is 14.5 Å². The molecule has 5 nitrogen and oxygen atoms in total. The minimum atomic E-state index is -0.876. The lowest BCUT2D eigenvalue weighted by Gasteiger charge is -2.27. The number of aliphatic hydroxyl groups is 1. The molecule has 1 aliphatic rings. The summed E-state index contributed by atoms with van der Waals surface area (Å²) in [6.07, 6.45) is 0.597. The zero-order valence-corrected chi connectivity index (χ0v) is 17.5. The second-order valence-electron chi connectivity index (χ2n) is 7.50. The van der Waals surface area contributed by atoms with E-state index >= 15 is 0 Å². The number of hydrogen-bond donors (Lipinski definition) is 1. The van der Waals surface area contributed by atoms with Gasteiger partial charge in [0.2, 0.25) is 0 Å². The predicted octanol–water partition coefficient (Wildman–Crippen LogP) is 4.94. The van der Waals surface area contributed by atoms with Gasteiger partial charge in [-0.1, -0.05) is 48.5 Å². The molecule has 1 heterocycles. The fraction of sp³-hybridized carbons (Fsp3) is 0.154. The maximum atomic E-state index is 13.9. The van der Waals surface area contributed by atoms with E-state index in [0.29, 0.717) is 17.7 Å². The lowest BCUT2D eigenvalue weighted by molar-refractivity contribution is -0.118. The van der Waals surface area contributed by atoms with Crippen LogP contribution in [-0.4, -0.2) is 23.9 Å². The van der Waals surface area contributed by atoms with E-state index in [4.69, 9.17) is 4.74 Å². The average molecular weight is 431 g/mol. The molecular formula is C26H22FNO4. The van der Waals surface area contributed by atoms with E-state index in [0.717, 1.165) is 5.56 Å². The van der Waals surface area contributed by atoms with Crippen LogP contribution in [0.1, 0.15) is 23.6 Å². The van der Waals surface area contributed by atoms with Gasteiger partial charge in [0, 0.05) is 12.1 Å². The fourth-order valence-electron chi connectivity index (χ4n) is 3.92. The summed E-state index contributed by atoms with van der Waals surface area (Å²) < 4.78 is 19.1. The number of Topliss-reactive ketones (excluding diaryl/α,β-unsaturated/α-hetero) is 1. The summed E-state index contributed by atoms with van der Waals surface area (Å²) in [7, 11) is 1.54. The first-order valence-electron chi connectivity index (χ1n) is 10.2. The summed E-state index contributed by atoms with van der Waals surface area (Å²) in [5.74, 6) is -1.58. The summed E-state index contributed by atoms with van der Waals surface area (Å²) in [6, 6.07) is 21.0. The molecule has 0 aliphatic carbocycles. The summed E-state index contributed by atoms with van der Waals surface area (Å²) in [5.41, 5.74) is 1.86. The van der Waals surface area contributed by atoms with Crippen molar-refractivity contribution in [3.05, 3.63) is 107 Å². The summed E-state index contributed by atoms with van der Waals surface area (Å²) in [5, 5.41) is 10.7. The molecule has 1 aliphatic heterocycles. The second-order valence-corrected chi connectivity index (χ2v) is 7.50. The van der Waals surface area contributed by atoms with Gasteiger partial charge in [-0.25, -0.2) is 4.39 Å². The van der Waals surface area contributed by atoms with Gasteiger partial charge in [0.05, 0.1) is 18.7 Å². The monoisotopic (exact) mass is 431 g/mol. The molecule has 32 heavy (non-hydrogen) atoms. The minimum absolute atomic E-state index is 0.0142. The highest BCUT2D eigenvalue weighted by atomic mass is 19.1. The van der Waals surface area contributed by atoms with E-state index in [1.165, 1.54) is 30.2 Å². The van der Waals surface area contributed by atoms with Crippen molar-refractivity contribution >= 4 is 17.4 Å². The van der Waals surface area contributed by atoms with Gasteiger partial charge in [0.25, 0.3) is 5.91 Å². The third-order valence-electron chi connectivity index (χ3n) is 5.51. The van der Waals surface area contributed by atoms with Crippen LogP contribution in [0, 0.1) is 5.82 Å². The zero-order valence-electron chi connectivity index (χ0n) is 17.5. The number of anilines is 1. The average Bonchev–Trinajstić information content (AvgIpc) is 3.09. The van der Waals surface area contributed by atoms with Crippen LogP contribution in [0.5, 0.6) is 5.75 Å². The van der Waals surface area contributed by atoms with E-state index in [2.05, 4.69) is 0 Å². The van der Waals surface area contributed by atoms with Crippen LogP contribution >= 0.6 is 0 Å². The number of rotatable bonds is 7. The number of carbonyl (C=O) groups is 2. The van der Waals surface area contributed by atoms with Gasteiger partial charge in [0.15, 0.2) is 11.5 Å². The number of nitrogens with zero attached hydrogens (tertiary/aromatic N) is 1. The molecule has 0 saturated heterocycles. The largest absolute Gasteiger partial charge is 0.503 e. The van der Waals surface area contributed by atoms with Crippen molar-refractivity contribution in [3.8, 4) is 5.75 Å². The molecule has 0 saturated carbocycles. The topological polar surface area (TPSA) is 66.8 Å². The summed E-state index contributed by atoms with van der Waals surface area (Å²) in [4.78, 5) is 27.5. The molecule has 0 bridgehead atoms. The molecule has 1 unspecified atom stereocenters. The lowest BCUT2D eigenvalue weighted by Crippen LogP contribution is -2.31. The Morgan fingerprint density at radius 1 is 1.03 bits per heavy atom. The number of aryl methyl sites for hydroxylation is 1. The Bertz CT molecular complexity index is 1170. The van der Waals surface area contributed by atoms with Crippen molar-refractivity contribution in [2.75, 3.05) is 12.0 Å². The van der Waals surface area contributed by atoms with E-state index in [9.17, 15) is 19.1 Å². The molecule has 0 fully saturated rings. The molecule has 3 aromatic rings. The molecule has 4 rings (SSSR count). The Kier molecular flexibility index (Phi) is 6.03. The van der Waals surface area contributed by atoms with E-state index in [1.807, 2.05) is 30.3 Å². The first-order valence-corrected chi connectivity index (χ1v) is 10.2. The van der Waals surface area contributed by atoms with Gasteiger partial charge in [-0.2, -0.15) is 0 Å². The third-order valence-corrected chi connectivity index (χ3v) is 5.51. The number of ether oxygens (including phenoxy) is 1. The van der Waals surface area contributed by atoms with Crippen molar-refractivity contribution in [2.24, 2.45) is 0 Å². The molecule has 0 spiro atoms. The SMILES string of the molecule is COc1ccc(C2C(C(=O)CCc3ccccc3)=C(O)C(=O)N2c2cccc(F)c2)cc1. The molecule has 3 aromatic carbocycles. The number of methoxy groups -OCH3 is 1. The minimum Gasteiger partial charge on any atom is -0.503 e. The van der Waals surface area contributed by atoms with Gasteiger partial charge in [0.1, 0.15) is 11.6 Å². The predicted molar refractivity (Wildman–Crippen MR) is 119 cm³/mol. The Hall–Kier alpha value is -3.93. The highest BCUT2D eigenvalue weighted by Crippen LogP contribution is 2.41. The normalized spacial score (nSPS) is 15.9. The number of amides is 1. The third kappa shape index (κ3) is 4.12. The lowest BCUT2D eigenvalue weighted by atomic mass is 9.93. The molecule has 1 amide bonds. The number of aliphatic hydroxyl groups excluding tert-OH is 1. The van der Waals surface area contributed by atoms with Crippen LogP contribution in [-0.2, 0) is 16.0 Å². The Labute approximate surface area is 185 Å². The standard InChI is InChI=1S/C26H22FNO4/c1-32-21-13-11-18(12-14-21)24-23(22(29)15-10-17-6-3-2-4-7-17)25(30)26(31)28(24)20-9-5-8-19(27)16-20/h2-9,11-14,16,24,30H,10,15H2,1H3. The molecule has 162 valence electrons. The van der Waals surface area contributed by atoms with Gasteiger partial charge in [-0.05, 0) is 47.9 Å². The van der Waals surface area contributed by atoms with Crippen molar-refractivity contribution < 1.29 is 23.8 Å². The highest BCUT2D eigenvalue weighted by Gasteiger charge is 2.44. The van der Waals surface area contributed by atoms with Gasteiger partial charge in [-0.15, -0.1) is 0 Å². The first kappa shape index (κ1) is 21.3. The van der Waals surface area contributed by atoms with Gasteiger partial charge < -0.3 is 9.84 Å². The van der Waals surface area contributed by atoms with Crippen LogP contribution in [0.2, 0.25) is 0 Å². The van der Waals surface area contributed by atoms with E-state index in [1.54, 1.807) is 30.3 Å². The first-order chi connectivity index (χ1) is 15.5. The molecule has 1 atom stereocenters. The van der Waals surface area contributed by atoms with Crippen LogP contribution < -0.4 is 9.64 Å². The number of ketones is 1. The van der Waals surface area contributed by atoms with Crippen molar-refractivity contribution in [2.45, 2.75) is 18.9 Å². The van der Waals surface area contributed by atoms with Crippen LogP contribution in [0.15, 0.2) is 90.2 Å². The number of carbonyl (C=O) groups excluding carboxylic acids is 2. The maximum Gasteiger partial charge on any atom is 0.294 e. The molecule has 0 aromatic heterocycles. The van der Waals surface area contributed by atoms with Crippen molar-refractivity contribution in [3.63, 3.8) is 0 Å². The second kappa shape index (κ2) is 9.06. The fourth-order valence-corrected chi connectivity index (χ4v) is 3.92. The van der Waals surface area contributed by atoms with Crippen LogP contribution in [0.4, 0.5) is 10.1 Å². The Balaban J connectivity index is 1.73. The smallest absolute Gasteiger partial charge is 0.294 e. The molecular weight excluding hydrogens is 409 g/mol. The molecule has 6 heteroatoms. The highest BCUT2D eigenvalue weighted by molar-refractivity contribution is 6.16.